The summed E-state index contributed by atoms with van der Waals surface area (Å²) in [6.45, 7) is 1.87. The molecule has 3 N–H and O–H groups in total. The highest BCUT2D eigenvalue weighted by molar-refractivity contribution is 5.97. The summed E-state index contributed by atoms with van der Waals surface area (Å²) in [7, 11) is 0.953. The summed E-state index contributed by atoms with van der Waals surface area (Å²) in [4.78, 5) is 28.2. The number of anilines is 1. The fourth-order valence-electron chi connectivity index (χ4n) is 4.15. The van der Waals surface area contributed by atoms with E-state index < -0.39 is 59.0 Å². The Bertz CT molecular complexity index is 1140. The van der Waals surface area contributed by atoms with Gasteiger partial charge in [0, 0.05) is 29.3 Å². The van der Waals surface area contributed by atoms with Crippen molar-refractivity contribution in [3.63, 3.8) is 0 Å². The van der Waals surface area contributed by atoms with Crippen LogP contribution in [-0.4, -0.2) is 41.8 Å². The Morgan fingerprint density at radius 2 is 1.83 bits per heavy atom. The van der Waals surface area contributed by atoms with Gasteiger partial charge in [0.2, 0.25) is 0 Å². The number of carbonyl (C=O) groups excluding carboxylic acids is 2. The van der Waals surface area contributed by atoms with Crippen molar-refractivity contribution >= 4 is 17.5 Å². The second-order valence-corrected chi connectivity index (χ2v) is 8.17. The number of rotatable bonds is 5. The standard InChI is InChI=1S/C22H21F6N3O4/c1-10-15(12-5-4-6-13(16(12)34-3)21(23,24)25)17(35-20(10,2)22(26,27)28)19(33)31-11-7-8-30-14(9-11)18(29)32/h4-10,15,17H,1-3H3,(H2,29,32)(H,30,31,33)/t10-,15-,17+,20-/m1/s1. The predicted octanol–water partition coefficient (Wildman–Crippen LogP) is 4.29. The maximum absolute atomic E-state index is 14.0. The third kappa shape index (κ3) is 4.77. The van der Waals surface area contributed by atoms with Crippen molar-refractivity contribution in [3.8, 4) is 5.75 Å². The zero-order chi connectivity index (χ0) is 26.3. The highest BCUT2D eigenvalue weighted by Crippen LogP contribution is 2.55. The fraction of sp³-hybridized carbons (Fsp3) is 0.409. The van der Waals surface area contributed by atoms with E-state index in [2.05, 4.69) is 10.3 Å². The molecule has 1 aliphatic heterocycles. The van der Waals surface area contributed by atoms with Crippen LogP contribution >= 0.6 is 0 Å². The molecule has 1 aromatic heterocycles. The average molecular weight is 505 g/mol. The number of nitrogens with two attached hydrogens (primary N) is 1. The van der Waals surface area contributed by atoms with E-state index in [0.717, 1.165) is 45.4 Å². The lowest BCUT2D eigenvalue weighted by Crippen LogP contribution is -2.47. The van der Waals surface area contributed by atoms with Gasteiger partial charge in [-0.25, -0.2) is 0 Å². The number of aromatic nitrogens is 1. The third-order valence-corrected chi connectivity index (χ3v) is 6.12. The number of carbonyl (C=O) groups is 2. The van der Waals surface area contributed by atoms with E-state index in [-0.39, 0.29) is 16.9 Å². The number of halogens is 6. The van der Waals surface area contributed by atoms with E-state index in [4.69, 9.17) is 15.2 Å². The maximum atomic E-state index is 14.0. The average Bonchev–Trinajstić information content (AvgIpc) is 3.04. The molecule has 13 heteroatoms. The molecule has 0 saturated carbocycles. The minimum absolute atomic E-state index is 0.0228. The molecule has 0 bridgehead atoms. The lowest BCUT2D eigenvalue weighted by atomic mass is 9.76. The van der Waals surface area contributed by atoms with Crippen molar-refractivity contribution in [1.82, 2.24) is 4.98 Å². The Kier molecular flexibility index (Phi) is 6.77. The number of primary amides is 1. The van der Waals surface area contributed by atoms with Crippen molar-refractivity contribution in [1.29, 1.82) is 0 Å². The number of alkyl halides is 6. The van der Waals surface area contributed by atoms with Crippen molar-refractivity contribution < 1.29 is 45.4 Å². The summed E-state index contributed by atoms with van der Waals surface area (Å²) >= 11 is 0. The van der Waals surface area contributed by atoms with Crippen molar-refractivity contribution in [2.24, 2.45) is 11.7 Å². The summed E-state index contributed by atoms with van der Waals surface area (Å²) in [5.41, 5.74) is 0.564. The Morgan fingerprint density at radius 3 is 2.37 bits per heavy atom. The van der Waals surface area contributed by atoms with E-state index in [0.29, 0.717) is 0 Å². The van der Waals surface area contributed by atoms with Crippen LogP contribution in [0.5, 0.6) is 5.75 Å². The smallest absolute Gasteiger partial charge is 0.419 e. The second-order valence-electron chi connectivity index (χ2n) is 8.17. The molecule has 1 aliphatic rings. The van der Waals surface area contributed by atoms with E-state index in [1.54, 1.807) is 0 Å². The van der Waals surface area contributed by atoms with Crippen molar-refractivity contribution in [2.45, 2.75) is 43.8 Å². The zero-order valence-electron chi connectivity index (χ0n) is 18.6. The van der Waals surface area contributed by atoms with Gasteiger partial charge >= 0.3 is 12.4 Å². The number of amides is 2. The van der Waals surface area contributed by atoms with Gasteiger partial charge in [0.15, 0.2) is 5.60 Å². The Morgan fingerprint density at radius 1 is 1.17 bits per heavy atom. The summed E-state index contributed by atoms with van der Waals surface area (Å²) < 4.78 is 93.0. The van der Waals surface area contributed by atoms with Crippen LogP contribution in [0.25, 0.3) is 0 Å². The number of methoxy groups -OCH3 is 1. The topological polar surface area (TPSA) is 104 Å². The molecule has 1 saturated heterocycles. The maximum Gasteiger partial charge on any atom is 0.419 e. The predicted molar refractivity (Wildman–Crippen MR) is 111 cm³/mol. The van der Waals surface area contributed by atoms with Gasteiger partial charge in [-0.2, -0.15) is 26.3 Å². The molecule has 35 heavy (non-hydrogen) atoms. The molecule has 3 rings (SSSR count). The number of nitrogens with one attached hydrogen (secondary N) is 1. The summed E-state index contributed by atoms with van der Waals surface area (Å²) in [6, 6.07) is 5.27. The lowest BCUT2D eigenvalue weighted by molar-refractivity contribution is -0.272. The van der Waals surface area contributed by atoms with Crippen molar-refractivity contribution in [2.75, 3.05) is 12.4 Å². The van der Waals surface area contributed by atoms with Crippen LogP contribution in [0.2, 0.25) is 0 Å². The van der Waals surface area contributed by atoms with Crippen LogP contribution in [0.3, 0.4) is 0 Å². The normalized spacial score (nSPS) is 24.8. The van der Waals surface area contributed by atoms with Gasteiger partial charge in [0.1, 0.15) is 17.5 Å². The molecule has 7 nitrogen and oxygen atoms in total. The van der Waals surface area contributed by atoms with E-state index in [1.807, 2.05) is 0 Å². The van der Waals surface area contributed by atoms with Crippen LogP contribution in [0.15, 0.2) is 36.5 Å². The van der Waals surface area contributed by atoms with Gasteiger partial charge in [-0.15, -0.1) is 0 Å². The minimum atomic E-state index is -4.95. The molecule has 2 amide bonds. The van der Waals surface area contributed by atoms with Crippen LogP contribution < -0.4 is 15.8 Å². The van der Waals surface area contributed by atoms with E-state index in [1.165, 1.54) is 12.1 Å². The molecule has 4 atom stereocenters. The largest absolute Gasteiger partial charge is 0.496 e. The number of hydrogen-bond donors (Lipinski definition) is 2. The molecule has 1 aromatic carbocycles. The number of nitrogens with zero attached hydrogens (tertiary/aromatic N) is 1. The first-order valence-electron chi connectivity index (χ1n) is 10.2. The Labute approximate surface area is 195 Å². The van der Waals surface area contributed by atoms with Crippen molar-refractivity contribution in [3.05, 3.63) is 53.3 Å². The van der Waals surface area contributed by atoms with Crippen LogP contribution in [0.4, 0.5) is 32.0 Å². The van der Waals surface area contributed by atoms with Gasteiger partial charge in [0.25, 0.3) is 11.8 Å². The summed E-state index contributed by atoms with van der Waals surface area (Å²) in [5, 5.41) is 2.33. The van der Waals surface area contributed by atoms with Crippen LogP contribution in [0.1, 0.15) is 41.4 Å². The Balaban J connectivity index is 2.11. The molecule has 1 fully saturated rings. The first kappa shape index (κ1) is 26.3. The van der Waals surface area contributed by atoms with Gasteiger partial charge in [-0.1, -0.05) is 19.1 Å². The van der Waals surface area contributed by atoms with E-state index >= 15 is 0 Å². The molecule has 0 radical (unpaired) electrons. The number of benzene rings is 1. The first-order chi connectivity index (χ1) is 16.1. The lowest BCUT2D eigenvalue weighted by Gasteiger charge is -2.32. The SMILES string of the molecule is COc1c([C@@H]2[C@@H](C(=O)Nc3ccnc(C(N)=O)c3)O[C@@](C)(C(F)(F)F)[C@@H]2C)cccc1C(F)(F)F. The fourth-order valence-corrected chi connectivity index (χ4v) is 4.15. The van der Waals surface area contributed by atoms with Gasteiger partial charge in [-0.05, 0) is 25.1 Å². The molecule has 2 heterocycles. The molecule has 2 aromatic rings. The number of hydrogen-bond acceptors (Lipinski definition) is 5. The third-order valence-electron chi connectivity index (χ3n) is 6.12. The Hall–Kier alpha value is -3.35. The molecular weight excluding hydrogens is 484 g/mol. The molecule has 0 unspecified atom stereocenters. The highest BCUT2D eigenvalue weighted by Gasteiger charge is 2.66. The number of para-hydroxylation sites is 1. The summed E-state index contributed by atoms with van der Waals surface area (Å²) in [6.07, 6.45) is -10.5. The van der Waals surface area contributed by atoms with Crippen LogP contribution in [-0.2, 0) is 15.7 Å². The number of pyridine rings is 1. The molecule has 190 valence electrons. The quantitative estimate of drug-likeness (QED) is 0.591. The highest BCUT2D eigenvalue weighted by atomic mass is 19.4. The minimum Gasteiger partial charge on any atom is -0.496 e. The van der Waals surface area contributed by atoms with Gasteiger partial charge < -0.3 is 20.5 Å². The molecular formula is C22H21F6N3O4. The van der Waals surface area contributed by atoms with Crippen LogP contribution in [0, 0.1) is 5.92 Å². The second kappa shape index (κ2) is 9.02. The molecule has 0 spiro atoms. The van der Waals surface area contributed by atoms with E-state index in [9.17, 15) is 35.9 Å². The molecule has 0 aliphatic carbocycles. The summed E-state index contributed by atoms with van der Waals surface area (Å²) in [5.74, 6) is -5.66. The number of ether oxygens (including phenoxy) is 2. The zero-order valence-corrected chi connectivity index (χ0v) is 18.6. The van der Waals surface area contributed by atoms with Gasteiger partial charge in [0.05, 0.1) is 12.7 Å². The monoisotopic (exact) mass is 505 g/mol. The first-order valence-corrected chi connectivity index (χ1v) is 10.2. The van der Waals surface area contributed by atoms with Gasteiger partial charge in [-0.3, -0.25) is 14.6 Å².